The lowest BCUT2D eigenvalue weighted by molar-refractivity contribution is 0.131. The fourth-order valence-electron chi connectivity index (χ4n) is 3.94. The second-order valence-electron chi connectivity index (χ2n) is 7.51. The Hall–Kier alpha value is -1.06. The van der Waals surface area contributed by atoms with E-state index in [0.717, 1.165) is 13.1 Å². The molecule has 0 aliphatic carbocycles. The highest BCUT2D eigenvalue weighted by molar-refractivity contribution is 5.56. The van der Waals surface area contributed by atoms with Crippen LogP contribution in [0.5, 0.6) is 0 Å². The molecule has 3 heteroatoms. The van der Waals surface area contributed by atoms with Crippen molar-refractivity contribution in [2.75, 3.05) is 50.7 Å². The predicted molar refractivity (Wildman–Crippen MR) is 98.9 cm³/mol. The monoisotopic (exact) mass is 314 g/mol. The first-order valence-electron chi connectivity index (χ1n) is 9.20. The molecule has 0 N–H and O–H groups in total. The fourth-order valence-corrected chi connectivity index (χ4v) is 3.94. The van der Waals surface area contributed by atoms with Gasteiger partial charge in [-0.2, -0.15) is 0 Å². The van der Waals surface area contributed by atoms with Gasteiger partial charge in [-0.05, 0) is 42.9 Å². The van der Waals surface area contributed by atoms with E-state index in [9.17, 15) is 0 Å². The predicted octanol–water partition coefficient (Wildman–Crippen LogP) is 3.33. The molecule has 23 heavy (non-hydrogen) atoms. The molecular weight excluding hydrogens is 282 g/mol. The second-order valence-corrected chi connectivity index (χ2v) is 7.51. The van der Waals surface area contributed by atoms with Crippen LogP contribution < -0.4 is 4.90 Å². The molecule has 2 heterocycles. The Balaban J connectivity index is 1.59. The lowest BCUT2D eigenvalue weighted by atomic mass is 10.0. The molecule has 0 saturated carbocycles. The lowest BCUT2D eigenvalue weighted by Crippen LogP contribution is -2.46. The van der Waals surface area contributed by atoms with Crippen molar-refractivity contribution in [2.24, 2.45) is 0 Å². The van der Waals surface area contributed by atoms with Crippen LogP contribution in [0.15, 0.2) is 18.2 Å². The third kappa shape index (κ3) is 4.27. The van der Waals surface area contributed by atoms with Crippen molar-refractivity contribution in [2.45, 2.75) is 40.2 Å². The summed E-state index contributed by atoms with van der Waals surface area (Å²) in [5.74, 6) is 1.52. The summed E-state index contributed by atoms with van der Waals surface area (Å²) in [6.45, 7) is 16.3. The molecule has 0 unspecified atom stereocenters. The van der Waals surface area contributed by atoms with E-state index in [-0.39, 0.29) is 0 Å². The van der Waals surface area contributed by atoms with E-state index < -0.39 is 0 Å². The van der Waals surface area contributed by atoms with Crippen molar-refractivity contribution in [1.82, 2.24) is 9.80 Å². The van der Waals surface area contributed by atoms with E-state index in [1.807, 2.05) is 0 Å². The average molecular weight is 314 g/mol. The molecule has 127 valence electrons. The van der Waals surface area contributed by atoms with E-state index in [0.29, 0.717) is 0 Å². The molecule has 3 rings (SSSR count). The number of hydrogen-bond acceptors (Lipinski definition) is 3. The maximum Gasteiger partial charge on any atom is 0.0399 e. The van der Waals surface area contributed by atoms with Gasteiger partial charge in [0.05, 0.1) is 0 Å². The summed E-state index contributed by atoms with van der Waals surface area (Å²) in [6, 6.07) is 6.88. The van der Waals surface area contributed by atoms with E-state index >= 15 is 0 Å². The van der Waals surface area contributed by atoms with E-state index in [1.54, 1.807) is 0 Å². The van der Waals surface area contributed by atoms with Gasteiger partial charge < -0.3 is 9.80 Å². The van der Waals surface area contributed by atoms with Gasteiger partial charge in [0, 0.05) is 58.0 Å². The maximum absolute atomic E-state index is 2.62. The number of rotatable bonds is 5. The Morgan fingerprint density at radius 3 is 2.22 bits per heavy atom. The minimum absolute atomic E-state index is 1.11. The zero-order chi connectivity index (χ0) is 16.2. The van der Waals surface area contributed by atoms with Crippen LogP contribution in [0.25, 0.3) is 0 Å². The minimum Gasteiger partial charge on any atom is -0.371 e. The Morgan fingerprint density at radius 2 is 1.57 bits per heavy atom. The van der Waals surface area contributed by atoms with Crippen LogP contribution in [-0.4, -0.2) is 55.6 Å². The first kappa shape index (κ1) is 16.8. The summed E-state index contributed by atoms with van der Waals surface area (Å²) in [5.41, 5.74) is 4.48. The zero-order valence-electron chi connectivity index (χ0n) is 15.1. The van der Waals surface area contributed by atoms with Crippen LogP contribution in [0.1, 0.15) is 37.8 Å². The van der Waals surface area contributed by atoms with Crippen molar-refractivity contribution in [3.63, 3.8) is 0 Å². The highest BCUT2D eigenvalue weighted by Gasteiger charge is 2.20. The van der Waals surface area contributed by atoms with Gasteiger partial charge in [0.2, 0.25) is 0 Å². The Morgan fingerprint density at radius 1 is 0.913 bits per heavy atom. The first-order valence-corrected chi connectivity index (χ1v) is 9.20. The lowest BCUT2D eigenvalue weighted by Gasteiger charge is -2.36. The van der Waals surface area contributed by atoms with Crippen molar-refractivity contribution in [3.8, 4) is 0 Å². The second kappa shape index (κ2) is 7.67. The standard InChI is InChI=1S/C20H32N3/c1-17(2)15-21-11-13-22(14-12-21)16-19-7-6-8-20(18(19)3)23-9-4-5-10-23/h6-8H,4-5,9-16H2,1-3H3. The Kier molecular flexibility index (Phi) is 5.60. The smallest absolute Gasteiger partial charge is 0.0399 e. The number of piperazine rings is 1. The van der Waals surface area contributed by atoms with E-state index in [2.05, 4.69) is 53.7 Å². The van der Waals surface area contributed by atoms with Crippen molar-refractivity contribution >= 4 is 5.69 Å². The average Bonchev–Trinajstić information content (AvgIpc) is 3.05. The van der Waals surface area contributed by atoms with E-state index in [4.69, 9.17) is 0 Å². The van der Waals surface area contributed by atoms with Gasteiger partial charge in [-0.15, -0.1) is 0 Å². The molecule has 2 saturated heterocycles. The van der Waals surface area contributed by atoms with Crippen LogP contribution in [0.4, 0.5) is 5.69 Å². The van der Waals surface area contributed by atoms with Crippen molar-refractivity contribution in [3.05, 3.63) is 35.2 Å². The number of anilines is 1. The molecule has 1 aromatic rings. The molecule has 1 radical (unpaired) electrons. The topological polar surface area (TPSA) is 9.72 Å². The Bertz CT molecular complexity index is 498. The molecule has 3 nitrogen and oxygen atoms in total. The molecule has 0 amide bonds. The quantitative estimate of drug-likeness (QED) is 0.825. The van der Waals surface area contributed by atoms with Gasteiger partial charge in [-0.3, -0.25) is 4.90 Å². The molecule has 2 aliphatic heterocycles. The highest BCUT2D eigenvalue weighted by atomic mass is 15.3. The van der Waals surface area contributed by atoms with Crippen LogP contribution in [0.2, 0.25) is 0 Å². The van der Waals surface area contributed by atoms with Gasteiger partial charge in [0.25, 0.3) is 0 Å². The minimum atomic E-state index is 1.11. The number of benzene rings is 1. The van der Waals surface area contributed by atoms with Gasteiger partial charge in [-0.1, -0.05) is 26.0 Å². The van der Waals surface area contributed by atoms with Crippen molar-refractivity contribution in [1.29, 1.82) is 0 Å². The van der Waals surface area contributed by atoms with Gasteiger partial charge >= 0.3 is 0 Å². The van der Waals surface area contributed by atoms with Crippen molar-refractivity contribution < 1.29 is 0 Å². The summed E-state index contributed by atoms with van der Waals surface area (Å²) in [7, 11) is 0. The normalized spacial score (nSPS) is 20.6. The van der Waals surface area contributed by atoms with Crippen LogP contribution in [0.3, 0.4) is 0 Å². The molecular formula is C20H32N3. The highest BCUT2D eigenvalue weighted by Crippen LogP contribution is 2.27. The molecule has 1 aromatic carbocycles. The van der Waals surface area contributed by atoms with Gasteiger partial charge in [0.15, 0.2) is 0 Å². The first-order chi connectivity index (χ1) is 11.1. The van der Waals surface area contributed by atoms with Crippen LogP contribution in [0, 0.1) is 12.8 Å². The fraction of sp³-hybridized carbons (Fsp3) is 0.650. The van der Waals surface area contributed by atoms with Crippen LogP contribution >= 0.6 is 0 Å². The molecule has 0 atom stereocenters. The zero-order valence-corrected chi connectivity index (χ0v) is 15.1. The third-order valence-electron chi connectivity index (χ3n) is 5.26. The number of hydrogen-bond donors (Lipinski definition) is 0. The molecule has 2 fully saturated rings. The number of nitrogens with zero attached hydrogens (tertiary/aromatic N) is 3. The third-order valence-corrected chi connectivity index (χ3v) is 5.26. The summed E-state index contributed by atoms with van der Waals surface area (Å²) in [6.07, 6.45) is 2.69. The largest absolute Gasteiger partial charge is 0.371 e. The molecule has 2 aliphatic rings. The van der Waals surface area contributed by atoms with Crippen LogP contribution in [-0.2, 0) is 6.54 Å². The SMILES string of the molecule is C[C](C)CN1CCN(Cc2cccc(N3CCCC3)c2C)CC1. The summed E-state index contributed by atoms with van der Waals surface area (Å²) in [5, 5.41) is 0. The van der Waals surface area contributed by atoms with Gasteiger partial charge in [0.1, 0.15) is 0 Å². The molecule has 0 bridgehead atoms. The Labute approximate surface area is 142 Å². The molecule has 0 spiro atoms. The van der Waals surface area contributed by atoms with E-state index in [1.165, 1.54) is 74.8 Å². The van der Waals surface area contributed by atoms with Gasteiger partial charge in [-0.25, -0.2) is 0 Å². The maximum atomic E-state index is 2.62. The summed E-state index contributed by atoms with van der Waals surface area (Å²) in [4.78, 5) is 7.77. The summed E-state index contributed by atoms with van der Waals surface area (Å²) < 4.78 is 0. The molecule has 0 aromatic heterocycles. The summed E-state index contributed by atoms with van der Waals surface area (Å²) >= 11 is 0.